The lowest BCUT2D eigenvalue weighted by molar-refractivity contribution is -0.0523. The van der Waals surface area contributed by atoms with Crippen LogP contribution in [0.4, 0.5) is 4.39 Å². The Balaban J connectivity index is 1.96. The number of benzene rings is 1. The third-order valence-corrected chi connectivity index (χ3v) is 3.56. The fourth-order valence-electron chi connectivity index (χ4n) is 2.42. The SMILES string of the molecule is COc1cccc(F)c1C(=O)CCN1CCOC(CO)C1. The number of carbonyl (C=O) groups is 1. The van der Waals surface area contributed by atoms with Crippen molar-refractivity contribution in [2.24, 2.45) is 0 Å². The summed E-state index contributed by atoms with van der Waals surface area (Å²) in [5, 5.41) is 9.08. The van der Waals surface area contributed by atoms with Crippen molar-refractivity contribution in [2.75, 3.05) is 40.0 Å². The molecule has 116 valence electrons. The zero-order valence-electron chi connectivity index (χ0n) is 12.0. The number of nitrogens with zero attached hydrogens (tertiary/aromatic N) is 1. The second-order valence-electron chi connectivity index (χ2n) is 4.97. The molecule has 1 fully saturated rings. The van der Waals surface area contributed by atoms with E-state index in [0.29, 0.717) is 26.2 Å². The smallest absolute Gasteiger partial charge is 0.170 e. The first-order chi connectivity index (χ1) is 10.2. The second-order valence-corrected chi connectivity index (χ2v) is 4.97. The normalized spacial score (nSPS) is 19.5. The third-order valence-electron chi connectivity index (χ3n) is 3.56. The van der Waals surface area contributed by atoms with Gasteiger partial charge in [-0.2, -0.15) is 0 Å². The van der Waals surface area contributed by atoms with Crippen molar-refractivity contribution in [1.29, 1.82) is 0 Å². The van der Waals surface area contributed by atoms with Gasteiger partial charge >= 0.3 is 0 Å². The minimum absolute atomic E-state index is 0.00645. The van der Waals surface area contributed by atoms with Crippen LogP contribution in [0.15, 0.2) is 18.2 Å². The molecule has 0 aromatic heterocycles. The largest absolute Gasteiger partial charge is 0.496 e. The quantitative estimate of drug-likeness (QED) is 0.797. The number of hydrogen-bond acceptors (Lipinski definition) is 5. The van der Waals surface area contributed by atoms with E-state index in [4.69, 9.17) is 14.6 Å². The highest BCUT2D eigenvalue weighted by Gasteiger charge is 2.22. The lowest BCUT2D eigenvalue weighted by Gasteiger charge is -2.31. The number of ketones is 1. The Morgan fingerprint density at radius 1 is 1.57 bits per heavy atom. The maximum atomic E-state index is 13.8. The first kappa shape index (κ1) is 15.9. The molecule has 5 nitrogen and oxygen atoms in total. The number of carbonyl (C=O) groups excluding carboxylic acids is 1. The van der Waals surface area contributed by atoms with Crippen LogP contribution >= 0.6 is 0 Å². The third kappa shape index (κ3) is 4.00. The van der Waals surface area contributed by atoms with E-state index in [1.165, 1.54) is 19.2 Å². The minimum Gasteiger partial charge on any atom is -0.496 e. The zero-order chi connectivity index (χ0) is 15.2. The van der Waals surface area contributed by atoms with Gasteiger partial charge in [0.1, 0.15) is 11.6 Å². The van der Waals surface area contributed by atoms with Crippen LogP contribution in [0.5, 0.6) is 5.75 Å². The molecule has 1 aromatic rings. The van der Waals surface area contributed by atoms with Gasteiger partial charge < -0.3 is 14.6 Å². The monoisotopic (exact) mass is 297 g/mol. The van der Waals surface area contributed by atoms with Crippen molar-refractivity contribution in [1.82, 2.24) is 4.90 Å². The molecular weight excluding hydrogens is 277 g/mol. The highest BCUT2D eigenvalue weighted by Crippen LogP contribution is 2.22. The Morgan fingerprint density at radius 2 is 2.38 bits per heavy atom. The molecule has 1 aliphatic rings. The Labute approximate surface area is 123 Å². The van der Waals surface area contributed by atoms with Crippen molar-refractivity contribution in [3.63, 3.8) is 0 Å². The zero-order valence-corrected chi connectivity index (χ0v) is 12.0. The Hall–Kier alpha value is -1.50. The first-order valence-corrected chi connectivity index (χ1v) is 6.96. The van der Waals surface area contributed by atoms with Gasteiger partial charge in [-0.25, -0.2) is 4.39 Å². The predicted octanol–water partition coefficient (Wildman–Crippen LogP) is 1.10. The summed E-state index contributed by atoms with van der Waals surface area (Å²) in [4.78, 5) is 14.2. The van der Waals surface area contributed by atoms with Crippen LogP contribution in [-0.4, -0.2) is 61.9 Å². The van der Waals surface area contributed by atoms with Crippen molar-refractivity contribution >= 4 is 5.78 Å². The first-order valence-electron chi connectivity index (χ1n) is 6.96. The standard InChI is InChI=1S/C15H20FNO4/c1-20-14-4-2-3-12(16)15(14)13(19)5-6-17-7-8-21-11(9-17)10-18/h2-4,11,18H,5-10H2,1H3. The van der Waals surface area contributed by atoms with E-state index in [2.05, 4.69) is 0 Å². The maximum absolute atomic E-state index is 13.8. The molecule has 0 bridgehead atoms. The van der Waals surface area contributed by atoms with Crippen LogP contribution in [0, 0.1) is 5.82 Å². The fourth-order valence-corrected chi connectivity index (χ4v) is 2.42. The number of halogens is 1. The van der Waals surface area contributed by atoms with Gasteiger partial charge in [-0.1, -0.05) is 6.07 Å². The summed E-state index contributed by atoms with van der Waals surface area (Å²) < 4.78 is 24.2. The second kappa shape index (κ2) is 7.49. The van der Waals surface area contributed by atoms with Gasteiger partial charge in [0.2, 0.25) is 0 Å². The summed E-state index contributed by atoms with van der Waals surface area (Å²) in [5.41, 5.74) is 0.00645. The topological polar surface area (TPSA) is 59.0 Å². The van der Waals surface area contributed by atoms with Crippen LogP contribution in [0.25, 0.3) is 0 Å². The van der Waals surface area contributed by atoms with Crippen LogP contribution in [0.1, 0.15) is 16.8 Å². The van der Waals surface area contributed by atoms with Crippen LogP contribution < -0.4 is 4.74 Å². The molecule has 2 rings (SSSR count). The van der Waals surface area contributed by atoms with E-state index >= 15 is 0 Å². The molecule has 6 heteroatoms. The molecule has 1 saturated heterocycles. The number of ether oxygens (including phenoxy) is 2. The summed E-state index contributed by atoms with van der Waals surface area (Å²) in [6.45, 7) is 2.29. The van der Waals surface area contributed by atoms with Crippen molar-refractivity contribution < 1.29 is 23.8 Å². The molecule has 0 amide bonds. The van der Waals surface area contributed by atoms with Crippen molar-refractivity contribution in [2.45, 2.75) is 12.5 Å². The molecular formula is C15H20FNO4. The van der Waals surface area contributed by atoms with E-state index in [1.807, 2.05) is 4.90 Å². The van der Waals surface area contributed by atoms with Crippen molar-refractivity contribution in [3.8, 4) is 5.75 Å². The summed E-state index contributed by atoms with van der Waals surface area (Å²) in [6.07, 6.45) is -0.00744. The summed E-state index contributed by atoms with van der Waals surface area (Å²) >= 11 is 0. The molecule has 1 atom stereocenters. The average molecular weight is 297 g/mol. The fraction of sp³-hybridized carbons (Fsp3) is 0.533. The summed E-state index contributed by atoms with van der Waals surface area (Å²) in [7, 11) is 1.42. The van der Waals surface area contributed by atoms with Gasteiger partial charge in [-0.05, 0) is 12.1 Å². The Bertz CT molecular complexity index is 495. The molecule has 1 N–H and O–H groups in total. The summed E-state index contributed by atoms with van der Waals surface area (Å²) in [5.74, 6) is -0.582. The number of aliphatic hydroxyl groups excluding tert-OH is 1. The molecule has 0 radical (unpaired) electrons. The van der Waals surface area contributed by atoms with Gasteiger partial charge in [0.15, 0.2) is 5.78 Å². The minimum atomic E-state index is -0.561. The highest BCUT2D eigenvalue weighted by molar-refractivity contribution is 5.99. The van der Waals surface area contributed by atoms with E-state index in [1.54, 1.807) is 6.07 Å². The molecule has 1 unspecified atom stereocenters. The Morgan fingerprint density at radius 3 is 3.10 bits per heavy atom. The van der Waals surface area contributed by atoms with Gasteiger partial charge in [0.25, 0.3) is 0 Å². The van der Waals surface area contributed by atoms with Crippen LogP contribution in [0.2, 0.25) is 0 Å². The van der Waals surface area contributed by atoms with Crippen molar-refractivity contribution in [3.05, 3.63) is 29.6 Å². The number of hydrogen-bond donors (Lipinski definition) is 1. The molecule has 1 heterocycles. The van der Waals surface area contributed by atoms with Crippen LogP contribution in [-0.2, 0) is 4.74 Å². The Kier molecular flexibility index (Phi) is 5.67. The van der Waals surface area contributed by atoms with Crippen LogP contribution in [0.3, 0.4) is 0 Å². The lowest BCUT2D eigenvalue weighted by atomic mass is 10.1. The molecule has 0 spiro atoms. The molecule has 0 aliphatic carbocycles. The van der Waals surface area contributed by atoms with Gasteiger partial charge in [-0.3, -0.25) is 9.69 Å². The number of Topliss-reactive ketones (excluding diaryl/α,β-unsaturated/α-hetero) is 1. The van der Waals surface area contributed by atoms with E-state index in [0.717, 1.165) is 0 Å². The van der Waals surface area contributed by atoms with E-state index < -0.39 is 5.82 Å². The molecule has 0 saturated carbocycles. The maximum Gasteiger partial charge on any atom is 0.170 e. The number of aliphatic hydroxyl groups is 1. The van der Waals surface area contributed by atoms with Gasteiger partial charge in [0.05, 0.1) is 32.0 Å². The molecule has 1 aromatic carbocycles. The van der Waals surface area contributed by atoms with E-state index in [9.17, 15) is 9.18 Å². The predicted molar refractivity (Wildman–Crippen MR) is 75.2 cm³/mol. The molecule has 21 heavy (non-hydrogen) atoms. The number of rotatable bonds is 6. The number of morpholine rings is 1. The van der Waals surface area contributed by atoms with E-state index in [-0.39, 0.29) is 36.2 Å². The highest BCUT2D eigenvalue weighted by atomic mass is 19.1. The average Bonchev–Trinajstić information content (AvgIpc) is 2.52. The van der Waals surface area contributed by atoms with Gasteiger partial charge in [-0.15, -0.1) is 0 Å². The molecule has 1 aliphatic heterocycles. The van der Waals surface area contributed by atoms with Gasteiger partial charge in [0, 0.05) is 26.1 Å². The lowest BCUT2D eigenvalue weighted by Crippen LogP contribution is -2.44. The summed E-state index contributed by atoms with van der Waals surface area (Å²) in [6, 6.07) is 4.35. The number of methoxy groups -OCH3 is 1.